The van der Waals surface area contributed by atoms with Crippen molar-refractivity contribution in [1.82, 2.24) is 4.90 Å². The van der Waals surface area contributed by atoms with Crippen molar-refractivity contribution in [2.45, 2.75) is 62.1 Å². The van der Waals surface area contributed by atoms with Crippen LogP contribution in [0.25, 0.3) is 11.1 Å². The van der Waals surface area contributed by atoms with Gasteiger partial charge < -0.3 is 14.7 Å². The molecule has 0 aromatic heterocycles. The molecule has 6 rings (SSSR count). The zero-order valence-corrected chi connectivity index (χ0v) is 20.0. The standard InChI is InChI=1S/C30H29F2NO3/c31-27-13-12-19(14-28(27)32)15-30(35)16-20-6-5-7-21(17-30)33(20)29(34)36-18-26-24-10-3-1-8-22(24)23-9-2-4-11-25(23)26/h1-4,8-14,20-21,26,35H,5-7,15-18H2. The number of nitrogens with zero attached hydrogens (tertiary/aromatic N) is 1. The molecule has 3 aliphatic rings. The first kappa shape index (κ1) is 23.2. The Bertz CT molecular complexity index is 1250. The maximum atomic E-state index is 13.7. The zero-order chi connectivity index (χ0) is 24.9. The maximum absolute atomic E-state index is 13.7. The van der Waals surface area contributed by atoms with E-state index in [9.17, 15) is 18.7 Å². The van der Waals surface area contributed by atoms with Crippen molar-refractivity contribution in [3.8, 4) is 11.1 Å². The first-order chi connectivity index (χ1) is 17.4. The van der Waals surface area contributed by atoms with Gasteiger partial charge in [0.2, 0.25) is 0 Å². The topological polar surface area (TPSA) is 49.8 Å². The van der Waals surface area contributed by atoms with Crippen LogP contribution in [0, 0.1) is 11.6 Å². The molecule has 186 valence electrons. The van der Waals surface area contributed by atoms with Crippen LogP contribution >= 0.6 is 0 Å². The molecule has 6 heteroatoms. The summed E-state index contributed by atoms with van der Waals surface area (Å²) in [7, 11) is 0. The van der Waals surface area contributed by atoms with Crippen LogP contribution in [0.2, 0.25) is 0 Å². The van der Waals surface area contributed by atoms with Gasteiger partial charge in [0.15, 0.2) is 11.6 Å². The van der Waals surface area contributed by atoms with Crippen LogP contribution in [-0.4, -0.2) is 40.4 Å². The molecule has 4 nitrogen and oxygen atoms in total. The third-order valence-electron chi connectivity index (χ3n) is 8.16. The number of benzene rings is 3. The van der Waals surface area contributed by atoms with Gasteiger partial charge in [0.05, 0.1) is 5.60 Å². The lowest BCUT2D eigenvalue weighted by Gasteiger charge is -2.51. The normalized spacial score (nSPS) is 24.8. The number of amides is 1. The maximum Gasteiger partial charge on any atom is 0.410 e. The highest BCUT2D eigenvalue weighted by Gasteiger charge is 2.48. The summed E-state index contributed by atoms with van der Waals surface area (Å²) in [6.07, 6.45) is 3.27. The summed E-state index contributed by atoms with van der Waals surface area (Å²) < 4.78 is 33.0. The van der Waals surface area contributed by atoms with E-state index in [-0.39, 0.29) is 37.1 Å². The van der Waals surface area contributed by atoms with Gasteiger partial charge in [-0.15, -0.1) is 0 Å². The van der Waals surface area contributed by atoms with Gasteiger partial charge in [-0.25, -0.2) is 13.6 Å². The zero-order valence-electron chi connectivity index (χ0n) is 20.0. The summed E-state index contributed by atoms with van der Waals surface area (Å²) in [4.78, 5) is 15.2. The molecule has 0 spiro atoms. The first-order valence-electron chi connectivity index (χ1n) is 12.7. The fraction of sp³-hybridized carbons (Fsp3) is 0.367. The predicted octanol–water partition coefficient (Wildman–Crippen LogP) is 6.20. The third kappa shape index (κ3) is 4.07. The quantitative estimate of drug-likeness (QED) is 0.474. The van der Waals surface area contributed by atoms with Crippen LogP contribution in [0.4, 0.5) is 13.6 Å². The minimum atomic E-state index is -1.07. The molecular weight excluding hydrogens is 460 g/mol. The van der Waals surface area contributed by atoms with E-state index < -0.39 is 17.2 Å². The summed E-state index contributed by atoms with van der Waals surface area (Å²) in [6.45, 7) is 0.266. The number of hydrogen-bond acceptors (Lipinski definition) is 3. The SMILES string of the molecule is O=C(OCC1c2ccccc2-c2ccccc21)N1C2CCCC1CC(O)(Cc1ccc(F)c(F)c1)C2. The summed E-state index contributed by atoms with van der Waals surface area (Å²) in [5.41, 5.74) is 4.21. The van der Waals surface area contributed by atoms with E-state index in [0.717, 1.165) is 31.4 Å². The van der Waals surface area contributed by atoms with Crippen molar-refractivity contribution in [3.63, 3.8) is 0 Å². The highest BCUT2D eigenvalue weighted by molar-refractivity contribution is 5.79. The summed E-state index contributed by atoms with van der Waals surface area (Å²) >= 11 is 0. The lowest BCUT2D eigenvalue weighted by molar-refractivity contribution is -0.0840. The Morgan fingerprint density at radius 3 is 2.14 bits per heavy atom. The predicted molar refractivity (Wildman–Crippen MR) is 133 cm³/mol. The summed E-state index contributed by atoms with van der Waals surface area (Å²) in [6, 6.07) is 20.0. The third-order valence-corrected chi connectivity index (χ3v) is 8.16. The van der Waals surface area contributed by atoms with Crippen molar-refractivity contribution in [3.05, 3.63) is 95.1 Å². The number of carbonyl (C=O) groups is 1. The van der Waals surface area contributed by atoms with Crippen LogP contribution in [0.5, 0.6) is 0 Å². The number of aliphatic hydroxyl groups is 1. The molecule has 2 unspecified atom stereocenters. The van der Waals surface area contributed by atoms with Crippen LogP contribution in [0.1, 0.15) is 54.7 Å². The molecule has 0 saturated carbocycles. The molecule has 1 N–H and O–H groups in total. The van der Waals surface area contributed by atoms with Crippen molar-refractivity contribution in [2.24, 2.45) is 0 Å². The molecular formula is C30H29F2NO3. The number of piperidine rings is 2. The number of halogens is 2. The van der Waals surface area contributed by atoms with Crippen LogP contribution in [0.15, 0.2) is 66.7 Å². The summed E-state index contributed by atoms with van der Waals surface area (Å²) in [5, 5.41) is 11.4. The van der Waals surface area contributed by atoms with Crippen LogP contribution < -0.4 is 0 Å². The second kappa shape index (κ2) is 9.00. The van der Waals surface area contributed by atoms with Gasteiger partial charge in [0.25, 0.3) is 0 Å². The molecule has 0 radical (unpaired) electrons. The number of rotatable bonds is 4. The van der Waals surface area contributed by atoms with Crippen molar-refractivity contribution >= 4 is 6.09 Å². The second-order valence-corrected chi connectivity index (χ2v) is 10.5. The average Bonchev–Trinajstić information content (AvgIpc) is 3.18. The highest BCUT2D eigenvalue weighted by Crippen LogP contribution is 2.45. The molecule has 2 aliphatic heterocycles. The van der Waals surface area contributed by atoms with Gasteiger partial charge in [0, 0.05) is 24.4 Å². The number of fused-ring (bicyclic) bond motifs is 5. The molecule has 2 saturated heterocycles. The summed E-state index contributed by atoms with van der Waals surface area (Å²) in [5.74, 6) is -1.81. The Balaban J connectivity index is 1.17. The van der Waals surface area contributed by atoms with E-state index in [2.05, 4.69) is 24.3 Å². The van der Waals surface area contributed by atoms with Gasteiger partial charge >= 0.3 is 6.09 Å². The fourth-order valence-electron chi connectivity index (χ4n) is 6.67. The van der Waals surface area contributed by atoms with E-state index in [1.165, 1.54) is 28.3 Å². The van der Waals surface area contributed by atoms with Crippen molar-refractivity contribution in [2.75, 3.05) is 6.61 Å². The van der Waals surface area contributed by atoms with Gasteiger partial charge in [-0.2, -0.15) is 0 Å². The lowest BCUT2D eigenvalue weighted by Crippen LogP contribution is -2.60. The Morgan fingerprint density at radius 2 is 1.53 bits per heavy atom. The Hall–Kier alpha value is -3.25. The largest absolute Gasteiger partial charge is 0.448 e. The lowest BCUT2D eigenvalue weighted by atomic mass is 9.73. The first-order valence-corrected chi connectivity index (χ1v) is 12.7. The van der Waals surface area contributed by atoms with Crippen molar-refractivity contribution in [1.29, 1.82) is 0 Å². The Kier molecular flexibility index (Phi) is 5.79. The Morgan fingerprint density at radius 1 is 0.917 bits per heavy atom. The number of ether oxygens (including phenoxy) is 1. The number of hydrogen-bond donors (Lipinski definition) is 1. The van der Waals surface area contributed by atoms with Gasteiger partial charge in [-0.3, -0.25) is 0 Å². The smallest absolute Gasteiger partial charge is 0.410 e. The minimum Gasteiger partial charge on any atom is -0.448 e. The Labute approximate surface area is 209 Å². The van der Waals surface area contributed by atoms with Gasteiger partial charge in [-0.1, -0.05) is 54.6 Å². The molecule has 2 atom stereocenters. The number of carbonyl (C=O) groups excluding carboxylic acids is 1. The molecule has 2 heterocycles. The van der Waals surface area contributed by atoms with Crippen LogP contribution in [0.3, 0.4) is 0 Å². The molecule has 1 amide bonds. The minimum absolute atomic E-state index is 0.00344. The average molecular weight is 490 g/mol. The molecule has 1 aliphatic carbocycles. The van der Waals surface area contributed by atoms with E-state index in [4.69, 9.17) is 4.74 Å². The van der Waals surface area contributed by atoms with Crippen molar-refractivity contribution < 1.29 is 23.4 Å². The van der Waals surface area contributed by atoms with E-state index in [1.54, 1.807) is 0 Å². The van der Waals surface area contributed by atoms with E-state index >= 15 is 0 Å². The van der Waals surface area contributed by atoms with E-state index in [0.29, 0.717) is 18.4 Å². The molecule has 2 fully saturated rings. The van der Waals surface area contributed by atoms with Gasteiger partial charge in [-0.05, 0) is 72.1 Å². The molecule has 36 heavy (non-hydrogen) atoms. The van der Waals surface area contributed by atoms with Gasteiger partial charge in [0.1, 0.15) is 6.61 Å². The highest BCUT2D eigenvalue weighted by atomic mass is 19.2. The monoisotopic (exact) mass is 489 g/mol. The molecule has 3 aromatic carbocycles. The molecule has 3 aromatic rings. The fourth-order valence-corrected chi connectivity index (χ4v) is 6.67. The van der Waals surface area contributed by atoms with Crippen LogP contribution in [-0.2, 0) is 11.2 Å². The second-order valence-electron chi connectivity index (χ2n) is 10.5. The molecule has 2 bridgehead atoms. The van der Waals surface area contributed by atoms with E-state index in [1.807, 2.05) is 29.2 Å².